The molecule has 0 saturated heterocycles. The van der Waals surface area contributed by atoms with Crippen LogP contribution in [0.25, 0.3) is 0 Å². The third-order valence-corrected chi connectivity index (χ3v) is 0.798. The van der Waals surface area contributed by atoms with Crippen LogP contribution in [0.4, 0.5) is 0 Å². The molecule has 1 unspecified atom stereocenters. The highest BCUT2D eigenvalue weighted by molar-refractivity contribution is 7.96. The van der Waals surface area contributed by atoms with Gasteiger partial charge in [0.2, 0.25) is 0 Å². The van der Waals surface area contributed by atoms with Crippen LogP contribution in [0.2, 0.25) is 0 Å². The van der Waals surface area contributed by atoms with E-state index in [1.54, 1.807) is 0 Å². The lowest BCUT2D eigenvalue weighted by Gasteiger charge is -1.80. The predicted molar refractivity (Wildman–Crippen MR) is 22.1 cm³/mol. The van der Waals surface area contributed by atoms with Gasteiger partial charge < -0.3 is 4.55 Å². The molecule has 0 aliphatic heterocycles. The Hall–Kier alpha value is 0.380. The molecule has 38 valence electrons. The third kappa shape index (κ3) is 4.38. The van der Waals surface area contributed by atoms with Crippen molar-refractivity contribution in [3.63, 3.8) is 0 Å². The van der Waals surface area contributed by atoms with E-state index < -0.39 is 11.4 Å². The summed E-state index contributed by atoms with van der Waals surface area (Å²) in [7, 11) is 0. The van der Waals surface area contributed by atoms with Gasteiger partial charge in [0.25, 0.3) is 0 Å². The summed E-state index contributed by atoms with van der Waals surface area (Å²) in [6.45, 7) is 0. The van der Waals surface area contributed by atoms with Gasteiger partial charge >= 0.3 is 11.4 Å². The minimum atomic E-state index is -2.35. The van der Waals surface area contributed by atoms with Gasteiger partial charge in [0.05, 0.1) is 0 Å². The summed E-state index contributed by atoms with van der Waals surface area (Å²) in [4.78, 5) is 0. The summed E-state index contributed by atoms with van der Waals surface area (Å²) in [5.41, 5.74) is 0. The van der Waals surface area contributed by atoms with Crippen molar-refractivity contribution in [1.82, 2.24) is 0 Å². The van der Waals surface area contributed by atoms with E-state index in [0.29, 0.717) is 0 Å². The molecule has 0 bridgehead atoms. The van der Waals surface area contributed by atoms with E-state index in [9.17, 15) is 4.21 Å². The molecule has 1 atom stereocenters. The van der Waals surface area contributed by atoms with Crippen molar-refractivity contribution in [2.45, 2.75) is 0 Å². The Balaban J connectivity index is 2.83. The second kappa shape index (κ2) is 3.57. The molecule has 0 aromatic carbocycles. The highest BCUT2D eigenvalue weighted by Gasteiger charge is 1.86. The van der Waals surface area contributed by atoms with E-state index in [0.717, 1.165) is 0 Å². The highest BCUT2D eigenvalue weighted by atomic mass is 32.3. The molecule has 0 aromatic rings. The molecule has 0 aliphatic carbocycles. The standard InChI is InChI=1S/H2O4S2/c1-5-4-6(2)3/h1H,(H,2,3). The van der Waals surface area contributed by atoms with Crippen molar-refractivity contribution in [2.24, 2.45) is 0 Å². The maximum absolute atomic E-state index is 9.31. The van der Waals surface area contributed by atoms with Gasteiger partial charge in [0.15, 0.2) is 12.3 Å². The zero-order chi connectivity index (χ0) is 4.99. The molecule has 0 aliphatic rings. The van der Waals surface area contributed by atoms with Gasteiger partial charge in [-0.25, -0.2) is 0 Å². The summed E-state index contributed by atoms with van der Waals surface area (Å²) in [5, 5.41) is 0. The first-order valence-electron chi connectivity index (χ1n) is 0.865. The number of rotatable bonds is 2. The molecule has 6 heteroatoms. The van der Waals surface area contributed by atoms with Crippen molar-refractivity contribution < 1.29 is 16.9 Å². The molecule has 4 nitrogen and oxygen atoms in total. The molecule has 0 radical (unpaired) electrons. The van der Waals surface area contributed by atoms with E-state index in [-0.39, 0.29) is 12.3 Å². The first-order chi connectivity index (χ1) is 2.77. The zero-order valence-corrected chi connectivity index (χ0v) is 4.16. The Morgan fingerprint density at radius 2 is 2.33 bits per heavy atom. The van der Waals surface area contributed by atoms with Crippen LogP contribution in [-0.4, -0.2) is 13.3 Å². The van der Waals surface area contributed by atoms with E-state index >= 15 is 0 Å². The van der Waals surface area contributed by atoms with E-state index in [4.69, 9.17) is 9.11 Å². The fraction of sp³-hybridized carbons (Fsp3) is 0. The largest absolute Gasteiger partial charge is 0.315 e. The van der Waals surface area contributed by atoms with Crippen LogP contribution in [0.1, 0.15) is 0 Å². The lowest BCUT2D eigenvalue weighted by molar-refractivity contribution is 0.465. The first kappa shape index (κ1) is 6.38. The predicted octanol–water partition coefficient (Wildman–Crippen LogP) is 0.261. The molecule has 0 fully saturated rings. The molecule has 0 rings (SSSR count). The van der Waals surface area contributed by atoms with Crippen LogP contribution in [0, 0.1) is 0 Å². The third-order valence-electron chi connectivity index (χ3n) is 0.0886. The monoisotopic (exact) mass is 130 g/mol. The van der Waals surface area contributed by atoms with Gasteiger partial charge in [-0.1, -0.05) is 0 Å². The Bertz CT molecular complexity index is 49.5. The lowest BCUT2D eigenvalue weighted by atomic mass is 15.8. The maximum atomic E-state index is 9.31. The van der Waals surface area contributed by atoms with Crippen molar-refractivity contribution >= 4 is 23.7 Å². The summed E-state index contributed by atoms with van der Waals surface area (Å²) in [6, 6.07) is 0. The lowest BCUT2D eigenvalue weighted by Crippen LogP contribution is -1.82. The SMILES string of the molecule is O=S(O)OSO. The second-order valence-corrected chi connectivity index (χ2v) is 1.49. The van der Waals surface area contributed by atoms with E-state index in [2.05, 4.69) is 3.63 Å². The topological polar surface area (TPSA) is 66.8 Å². The minimum absolute atomic E-state index is 0.140. The van der Waals surface area contributed by atoms with Crippen molar-refractivity contribution in [3.8, 4) is 0 Å². The molecular formula is H2O4S2. The molecule has 0 aromatic heterocycles. The van der Waals surface area contributed by atoms with Crippen LogP contribution in [0.5, 0.6) is 0 Å². The first-order valence-corrected chi connectivity index (χ1v) is 2.60. The van der Waals surface area contributed by atoms with Gasteiger partial charge in [-0.15, -0.1) is 0 Å². The number of hydrogen-bond donors (Lipinski definition) is 2. The van der Waals surface area contributed by atoms with E-state index in [1.807, 2.05) is 0 Å². The smallest absolute Gasteiger partial charge is 0.306 e. The van der Waals surface area contributed by atoms with E-state index in [1.165, 1.54) is 0 Å². The maximum Gasteiger partial charge on any atom is 0.315 e. The van der Waals surface area contributed by atoms with Gasteiger partial charge in [0.1, 0.15) is 0 Å². The quantitative estimate of drug-likeness (QED) is 0.414. The minimum Gasteiger partial charge on any atom is -0.306 e. The van der Waals surface area contributed by atoms with Crippen LogP contribution in [0.15, 0.2) is 0 Å². The number of hydrogen-bond acceptors (Lipinski definition) is 4. The Morgan fingerprint density at radius 3 is 2.33 bits per heavy atom. The zero-order valence-electron chi connectivity index (χ0n) is 2.53. The highest BCUT2D eigenvalue weighted by Crippen LogP contribution is 1.93. The molecule has 2 N–H and O–H groups in total. The van der Waals surface area contributed by atoms with Gasteiger partial charge in [-0.05, 0) is 0 Å². The Morgan fingerprint density at radius 1 is 1.83 bits per heavy atom. The summed E-state index contributed by atoms with van der Waals surface area (Å²) in [5.74, 6) is 0. The molecular weight excluding hydrogens is 128 g/mol. The van der Waals surface area contributed by atoms with Gasteiger partial charge in [-0.2, -0.15) is 7.84 Å². The average Bonchev–Trinajstić information content (AvgIpc) is 1.35. The van der Waals surface area contributed by atoms with Crippen molar-refractivity contribution in [3.05, 3.63) is 0 Å². The molecule has 0 amide bonds. The van der Waals surface area contributed by atoms with Crippen molar-refractivity contribution in [2.75, 3.05) is 0 Å². The summed E-state index contributed by atoms with van der Waals surface area (Å²) < 4.78 is 28.0. The van der Waals surface area contributed by atoms with Gasteiger partial charge in [0, 0.05) is 0 Å². The van der Waals surface area contributed by atoms with Crippen LogP contribution in [-0.2, 0) is 15.0 Å². The fourth-order valence-corrected chi connectivity index (χ4v) is 0.234. The Kier molecular flexibility index (Phi) is 3.79. The molecule has 0 spiro atoms. The fourth-order valence-electron chi connectivity index (χ4n) is 0.0260. The average molecular weight is 130 g/mol. The van der Waals surface area contributed by atoms with Crippen LogP contribution < -0.4 is 0 Å². The summed E-state index contributed by atoms with van der Waals surface area (Å²) in [6.07, 6.45) is 0. The molecule has 0 heterocycles. The molecule has 6 heavy (non-hydrogen) atoms. The second-order valence-electron chi connectivity index (χ2n) is 0.360. The van der Waals surface area contributed by atoms with Crippen LogP contribution >= 0.6 is 12.3 Å². The normalized spacial score (nSPS) is 14.3. The summed E-state index contributed by atoms with van der Waals surface area (Å²) >= 11 is -2.49. The Labute approximate surface area is 41.4 Å². The molecule has 0 saturated carbocycles. The van der Waals surface area contributed by atoms with Gasteiger partial charge in [-0.3, -0.25) is 4.55 Å². The van der Waals surface area contributed by atoms with Crippen molar-refractivity contribution in [1.29, 1.82) is 0 Å². The van der Waals surface area contributed by atoms with Crippen LogP contribution in [0.3, 0.4) is 0 Å².